The summed E-state index contributed by atoms with van der Waals surface area (Å²) < 4.78 is 41.8. The molecular weight excluding hydrogens is 337 g/mol. The summed E-state index contributed by atoms with van der Waals surface area (Å²) in [6.45, 7) is 1.83. The maximum atomic E-state index is 14.3. The Hall–Kier alpha value is -2.26. The Morgan fingerprint density at radius 3 is 2.71 bits per heavy atom. The number of aromatic nitrogens is 2. The third kappa shape index (κ3) is 2.92. The molecule has 0 bridgehead atoms. The van der Waals surface area contributed by atoms with Crippen LogP contribution in [0.15, 0.2) is 35.5 Å². The van der Waals surface area contributed by atoms with Crippen molar-refractivity contribution in [2.45, 2.75) is 18.2 Å². The minimum absolute atomic E-state index is 0.0978. The van der Waals surface area contributed by atoms with Crippen molar-refractivity contribution in [2.24, 2.45) is 5.92 Å². The second-order valence-corrected chi connectivity index (χ2v) is 7.70. The second-order valence-electron chi connectivity index (χ2n) is 5.76. The van der Waals surface area contributed by atoms with Gasteiger partial charge >= 0.3 is 5.97 Å². The lowest BCUT2D eigenvalue weighted by molar-refractivity contribution is -0.141. The van der Waals surface area contributed by atoms with Gasteiger partial charge in [0.25, 0.3) is 0 Å². The van der Waals surface area contributed by atoms with Crippen molar-refractivity contribution in [3.8, 4) is 5.69 Å². The van der Waals surface area contributed by atoms with Crippen LogP contribution in [0.25, 0.3) is 5.69 Å². The van der Waals surface area contributed by atoms with Gasteiger partial charge in [0.2, 0.25) is 10.0 Å². The summed E-state index contributed by atoms with van der Waals surface area (Å²) in [6.07, 6.45) is 3.45. The highest BCUT2D eigenvalue weighted by atomic mass is 32.2. The number of carbonyl (C=O) groups is 1. The molecule has 9 heteroatoms. The number of carboxylic acid groups (broad SMARTS) is 1. The van der Waals surface area contributed by atoms with Gasteiger partial charge in [0.1, 0.15) is 11.5 Å². The molecule has 24 heavy (non-hydrogen) atoms. The van der Waals surface area contributed by atoms with Crippen LogP contribution in [0.4, 0.5) is 4.39 Å². The summed E-state index contributed by atoms with van der Waals surface area (Å²) in [6, 6.07) is 3.59. The van der Waals surface area contributed by atoms with E-state index in [0.29, 0.717) is 0 Å². The number of carboxylic acids is 1. The van der Waals surface area contributed by atoms with Crippen LogP contribution in [0.3, 0.4) is 0 Å². The van der Waals surface area contributed by atoms with E-state index in [1.54, 1.807) is 12.4 Å². The lowest BCUT2D eigenvalue weighted by Crippen LogP contribution is -2.30. The van der Waals surface area contributed by atoms with Gasteiger partial charge < -0.3 is 5.11 Å². The van der Waals surface area contributed by atoms with E-state index in [9.17, 15) is 17.6 Å². The van der Waals surface area contributed by atoms with Gasteiger partial charge in [-0.25, -0.2) is 17.5 Å². The van der Waals surface area contributed by atoms with E-state index in [2.05, 4.69) is 5.10 Å². The van der Waals surface area contributed by atoms with Gasteiger partial charge in [-0.15, -0.1) is 0 Å². The Balaban J connectivity index is 1.90. The average molecular weight is 353 g/mol. The first-order valence-corrected chi connectivity index (χ1v) is 8.77. The molecule has 1 fully saturated rings. The first kappa shape index (κ1) is 16.6. The normalized spacial score (nSPS) is 18.8. The number of benzene rings is 1. The Kier molecular flexibility index (Phi) is 4.14. The molecule has 1 aromatic heterocycles. The van der Waals surface area contributed by atoms with Crippen molar-refractivity contribution in [3.05, 3.63) is 42.0 Å². The van der Waals surface area contributed by atoms with E-state index in [1.807, 2.05) is 6.92 Å². The molecule has 7 nitrogen and oxygen atoms in total. The molecule has 0 saturated carbocycles. The zero-order valence-corrected chi connectivity index (χ0v) is 13.7. The van der Waals surface area contributed by atoms with Crippen molar-refractivity contribution >= 4 is 16.0 Å². The molecule has 1 unspecified atom stereocenters. The molecule has 2 aromatic rings. The number of aliphatic carboxylic acids is 1. The number of aryl methyl sites for hydroxylation is 1. The molecule has 1 aromatic carbocycles. The number of halogens is 1. The van der Waals surface area contributed by atoms with Crippen molar-refractivity contribution < 1.29 is 22.7 Å². The van der Waals surface area contributed by atoms with E-state index in [-0.39, 0.29) is 30.1 Å². The maximum absolute atomic E-state index is 14.3. The fourth-order valence-corrected chi connectivity index (χ4v) is 4.19. The Morgan fingerprint density at radius 2 is 2.17 bits per heavy atom. The van der Waals surface area contributed by atoms with Crippen LogP contribution in [-0.2, 0) is 14.8 Å². The molecule has 1 saturated heterocycles. The quantitative estimate of drug-likeness (QED) is 0.897. The maximum Gasteiger partial charge on any atom is 0.307 e. The number of sulfonamides is 1. The van der Waals surface area contributed by atoms with Crippen LogP contribution in [-0.4, -0.2) is 46.7 Å². The van der Waals surface area contributed by atoms with Crippen LogP contribution in [0.5, 0.6) is 0 Å². The summed E-state index contributed by atoms with van der Waals surface area (Å²) in [5.41, 5.74) is 0.995. The van der Waals surface area contributed by atoms with Gasteiger partial charge in [0.15, 0.2) is 0 Å². The number of nitrogens with zero attached hydrogens (tertiary/aromatic N) is 3. The lowest BCUT2D eigenvalue weighted by atomic mass is 10.1. The minimum atomic E-state index is -3.92. The SMILES string of the molecule is Cc1cnn(-c2ccc(S(=O)(=O)N3CCC(C(=O)O)C3)cc2F)c1. The monoisotopic (exact) mass is 353 g/mol. The van der Waals surface area contributed by atoms with Crippen molar-refractivity contribution in [3.63, 3.8) is 0 Å². The van der Waals surface area contributed by atoms with Crippen LogP contribution < -0.4 is 0 Å². The molecule has 2 heterocycles. The number of hydrogen-bond donors (Lipinski definition) is 1. The highest BCUT2D eigenvalue weighted by Crippen LogP contribution is 2.26. The molecule has 128 valence electrons. The zero-order valence-electron chi connectivity index (χ0n) is 12.9. The lowest BCUT2D eigenvalue weighted by Gasteiger charge is -2.16. The van der Waals surface area contributed by atoms with Crippen LogP contribution in [0.2, 0.25) is 0 Å². The fourth-order valence-electron chi connectivity index (χ4n) is 2.68. The molecule has 0 spiro atoms. The van der Waals surface area contributed by atoms with Gasteiger partial charge in [-0.3, -0.25) is 4.79 Å². The fraction of sp³-hybridized carbons (Fsp3) is 0.333. The van der Waals surface area contributed by atoms with E-state index in [1.165, 1.54) is 16.8 Å². The van der Waals surface area contributed by atoms with E-state index in [0.717, 1.165) is 15.9 Å². The smallest absolute Gasteiger partial charge is 0.307 e. The van der Waals surface area contributed by atoms with Gasteiger partial charge in [-0.2, -0.15) is 9.40 Å². The van der Waals surface area contributed by atoms with Crippen LogP contribution in [0, 0.1) is 18.7 Å². The molecule has 1 atom stereocenters. The van der Waals surface area contributed by atoms with Crippen molar-refractivity contribution in [1.82, 2.24) is 14.1 Å². The van der Waals surface area contributed by atoms with Crippen molar-refractivity contribution in [1.29, 1.82) is 0 Å². The first-order chi connectivity index (χ1) is 11.3. The average Bonchev–Trinajstić information content (AvgIpc) is 3.16. The summed E-state index contributed by atoms with van der Waals surface area (Å²) in [7, 11) is -3.92. The van der Waals surface area contributed by atoms with E-state index < -0.39 is 27.7 Å². The summed E-state index contributed by atoms with van der Waals surface area (Å²) in [5, 5.41) is 13.0. The van der Waals surface area contributed by atoms with Gasteiger partial charge in [0.05, 0.1) is 17.0 Å². The summed E-state index contributed by atoms with van der Waals surface area (Å²) in [4.78, 5) is 10.8. The third-order valence-electron chi connectivity index (χ3n) is 4.02. The predicted molar refractivity (Wildman–Crippen MR) is 82.8 cm³/mol. The Labute approximate surface area is 138 Å². The van der Waals surface area contributed by atoms with E-state index in [4.69, 9.17) is 5.11 Å². The molecule has 0 radical (unpaired) electrons. The predicted octanol–water partition coefficient (Wildman–Crippen LogP) is 1.42. The second kappa shape index (κ2) is 5.99. The Morgan fingerprint density at radius 1 is 1.42 bits per heavy atom. The molecule has 1 N–H and O–H groups in total. The van der Waals surface area contributed by atoms with Crippen molar-refractivity contribution in [2.75, 3.05) is 13.1 Å². The standard InChI is InChI=1S/C15H16FN3O4S/c1-10-7-17-19(8-10)14-3-2-12(6-13(14)16)24(22,23)18-5-4-11(9-18)15(20)21/h2-3,6-8,11H,4-5,9H2,1H3,(H,20,21). The zero-order chi connectivity index (χ0) is 17.5. The highest BCUT2D eigenvalue weighted by molar-refractivity contribution is 7.89. The number of hydrogen-bond acceptors (Lipinski definition) is 4. The van der Waals surface area contributed by atoms with Gasteiger partial charge in [0, 0.05) is 19.3 Å². The Bertz CT molecular complexity index is 894. The molecule has 3 rings (SSSR count). The first-order valence-electron chi connectivity index (χ1n) is 7.33. The van der Waals surface area contributed by atoms with Gasteiger partial charge in [-0.05, 0) is 37.1 Å². The molecule has 0 aliphatic carbocycles. The summed E-state index contributed by atoms with van der Waals surface area (Å²) >= 11 is 0. The summed E-state index contributed by atoms with van der Waals surface area (Å²) in [5.74, 6) is -2.47. The molecule has 1 aliphatic rings. The minimum Gasteiger partial charge on any atom is -0.481 e. The van der Waals surface area contributed by atoms with Gasteiger partial charge in [-0.1, -0.05) is 0 Å². The van der Waals surface area contributed by atoms with Crippen LogP contribution >= 0.6 is 0 Å². The number of rotatable bonds is 4. The molecular formula is C15H16FN3O4S. The molecule has 0 amide bonds. The van der Waals surface area contributed by atoms with E-state index >= 15 is 0 Å². The topological polar surface area (TPSA) is 92.5 Å². The highest BCUT2D eigenvalue weighted by Gasteiger charge is 2.36. The van der Waals surface area contributed by atoms with Crippen LogP contribution in [0.1, 0.15) is 12.0 Å². The third-order valence-corrected chi connectivity index (χ3v) is 5.88. The molecule has 1 aliphatic heterocycles. The largest absolute Gasteiger partial charge is 0.481 e.